The minimum absolute atomic E-state index is 0.0715. The van der Waals surface area contributed by atoms with Gasteiger partial charge in [-0.3, -0.25) is 10.1 Å². The first-order valence-electron chi connectivity index (χ1n) is 13.1. The van der Waals surface area contributed by atoms with Gasteiger partial charge in [-0.2, -0.15) is 0 Å². The molecule has 0 aromatic heterocycles. The number of nitro benzene ring substituents is 1. The number of rotatable bonds is 11. The Morgan fingerprint density at radius 1 is 1.06 bits per heavy atom. The molecule has 1 saturated heterocycles. The third kappa shape index (κ3) is 6.09. The number of nitro groups is 1. The number of hydrogen-bond donors (Lipinski definition) is 0. The maximum Gasteiger partial charge on any atom is 0.343 e. The Hall–Kier alpha value is -2.45. The Labute approximate surface area is 214 Å². The quantitative estimate of drug-likeness (QED) is 0.138. The van der Waals surface area contributed by atoms with Crippen LogP contribution >= 0.6 is 0 Å². The topological polar surface area (TPSA) is 102 Å². The van der Waals surface area contributed by atoms with Gasteiger partial charge in [-0.1, -0.05) is 52.9 Å². The van der Waals surface area contributed by atoms with Crippen LogP contribution in [0.5, 0.6) is 5.75 Å². The predicted molar refractivity (Wildman–Crippen MR) is 137 cm³/mol. The molecule has 199 valence electrons. The van der Waals surface area contributed by atoms with Crippen molar-refractivity contribution in [3.63, 3.8) is 0 Å². The molecule has 1 atom stereocenters. The summed E-state index contributed by atoms with van der Waals surface area (Å²) in [5.74, 6) is 0.0132. The van der Waals surface area contributed by atoms with E-state index in [1.165, 1.54) is 37.5 Å². The predicted octanol–water partition coefficient (Wildman–Crippen LogP) is 7.15. The number of nitrogens with zero attached hydrogens (tertiary/aromatic N) is 2. The molecular weight excluding hydrogens is 460 g/mol. The van der Waals surface area contributed by atoms with E-state index in [1.54, 1.807) is 0 Å². The molecule has 0 amide bonds. The van der Waals surface area contributed by atoms with Gasteiger partial charge in [0.05, 0.1) is 22.6 Å². The SMILES string of the molecule is CCCCCCCCOc1cc(C(=O)OC2=C3CC(C)(C)N([O])[C@@]3(C)CC(C)(C)C2)ccc1[N+](=O)[O-]. The number of carbonyl (C=O) groups is 1. The lowest BCUT2D eigenvalue weighted by molar-refractivity contribution is -0.385. The number of carbonyl (C=O) groups excluding carboxylic acids is 1. The molecule has 0 unspecified atom stereocenters. The fraction of sp³-hybridized carbons (Fsp3) is 0.679. The van der Waals surface area contributed by atoms with E-state index >= 15 is 0 Å². The zero-order valence-electron chi connectivity index (χ0n) is 22.6. The van der Waals surface area contributed by atoms with Crippen LogP contribution in [0.25, 0.3) is 0 Å². The van der Waals surface area contributed by atoms with Crippen molar-refractivity contribution in [1.82, 2.24) is 5.06 Å². The van der Waals surface area contributed by atoms with Crippen LogP contribution in [-0.2, 0) is 9.94 Å². The summed E-state index contributed by atoms with van der Waals surface area (Å²) in [6.45, 7) is 12.4. The van der Waals surface area contributed by atoms with Crippen LogP contribution in [0.1, 0.15) is 110 Å². The van der Waals surface area contributed by atoms with E-state index < -0.39 is 22.0 Å². The van der Waals surface area contributed by atoms with E-state index in [4.69, 9.17) is 9.47 Å². The Bertz CT molecular complexity index is 1020. The van der Waals surface area contributed by atoms with Gasteiger partial charge >= 0.3 is 11.7 Å². The average Bonchev–Trinajstić information content (AvgIpc) is 2.97. The van der Waals surface area contributed by atoms with Crippen LogP contribution in [0, 0.1) is 15.5 Å². The van der Waals surface area contributed by atoms with Gasteiger partial charge in [0.2, 0.25) is 0 Å². The second-order valence-electron chi connectivity index (χ2n) is 11.9. The Morgan fingerprint density at radius 3 is 2.39 bits per heavy atom. The van der Waals surface area contributed by atoms with Gasteiger partial charge in [-0.15, -0.1) is 10.3 Å². The van der Waals surface area contributed by atoms with E-state index in [9.17, 15) is 20.1 Å². The molecule has 0 spiro atoms. The number of benzene rings is 1. The molecule has 1 radical (unpaired) electrons. The summed E-state index contributed by atoms with van der Waals surface area (Å²) in [7, 11) is 0. The summed E-state index contributed by atoms with van der Waals surface area (Å²) >= 11 is 0. The third-order valence-electron chi connectivity index (χ3n) is 7.42. The van der Waals surface area contributed by atoms with Crippen LogP contribution in [-0.4, -0.2) is 33.6 Å². The van der Waals surface area contributed by atoms with Gasteiger partial charge in [0, 0.05) is 24.1 Å². The van der Waals surface area contributed by atoms with Crippen molar-refractivity contribution in [2.75, 3.05) is 6.61 Å². The van der Waals surface area contributed by atoms with E-state index in [1.807, 2.05) is 20.8 Å². The van der Waals surface area contributed by atoms with Crippen LogP contribution in [0.2, 0.25) is 0 Å². The highest BCUT2D eigenvalue weighted by Gasteiger charge is 2.57. The van der Waals surface area contributed by atoms with Crippen molar-refractivity contribution in [2.45, 2.75) is 110 Å². The van der Waals surface area contributed by atoms with Crippen molar-refractivity contribution in [2.24, 2.45) is 5.41 Å². The number of fused-ring (bicyclic) bond motifs is 1. The molecule has 36 heavy (non-hydrogen) atoms. The summed E-state index contributed by atoms with van der Waals surface area (Å²) in [5.41, 5.74) is -0.665. The van der Waals surface area contributed by atoms with Crippen LogP contribution in [0.15, 0.2) is 29.5 Å². The first-order chi connectivity index (χ1) is 16.8. The summed E-state index contributed by atoms with van der Waals surface area (Å²) < 4.78 is 11.7. The molecule has 1 aliphatic carbocycles. The molecule has 1 aromatic carbocycles. The van der Waals surface area contributed by atoms with Gasteiger partial charge in [0.15, 0.2) is 5.75 Å². The van der Waals surface area contributed by atoms with Crippen LogP contribution in [0.3, 0.4) is 0 Å². The van der Waals surface area contributed by atoms with E-state index in [0.29, 0.717) is 31.6 Å². The molecular formula is C28H41N2O6. The first kappa shape index (κ1) is 28.1. The lowest BCUT2D eigenvalue weighted by Gasteiger charge is -2.44. The minimum atomic E-state index is -0.734. The van der Waals surface area contributed by atoms with E-state index in [0.717, 1.165) is 29.9 Å². The zero-order chi connectivity index (χ0) is 26.7. The highest BCUT2D eigenvalue weighted by atomic mass is 16.6. The molecule has 0 bridgehead atoms. The van der Waals surface area contributed by atoms with Crippen molar-refractivity contribution in [3.05, 3.63) is 45.2 Å². The third-order valence-corrected chi connectivity index (χ3v) is 7.42. The van der Waals surface area contributed by atoms with Crippen molar-refractivity contribution >= 4 is 11.7 Å². The lowest BCUT2D eigenvalue weighted by atomic mass is 9.68. The van der Waals surface area contributed by atoms with Crippen LogP contribution < -0.4 is 4.74 Å². The molecule has 3 rings (SSSR count). The smallest absolute Gasteiger partial charge is 0.343 e. The Kier molecular flexibility index (Phi) is 8.51. The first-order valence-corrected chi connectivity index (χ1v) is 13.1. The number of hydroxylamine groups is 2. The van der Waals surface area contributed by atoms with E-state index in [-0.39, 0.29) is 22.4 Å². The van der Waals surface area contributed by atoms with Crippen LogP contribution in [0.4, 0.5) is 5.69 Å². The van der Waals surface area contributed by atoms with Gasteiger partial charge in [0.25, 0.3) is 0 Å². The fourth-order valence-corrected chi connectivity index (χ4v) is 5.84. The summed E-state index contributed by atoms with van der Waals surface area (Å²) in [5, 5.41) is 25.9. The monoisotopic (exact) mass is 501 g/mol. The molecule has 1 fully saturated rings. The highest BCUT2D eigenvalue weighted by molar-refractivity contribution is 5.91. The number of hydrogen-bond acceptors (Lipinski definition) is 6. The van der Waals surface area contributed by atoms with Gasteiger partial charge in [-0.05, 0) is 57.1 Å². The minimum Gasteiger partial charge on any atom is -0.487 e. The normalized spacial score (nSPS) is 22.9. The molecule has 1 aromatic rings. The molecule has 8 heteroatoms. The lowest BCUT2D eigenvalue weighted by Crippen LogP contribution is -2.50. The Morgan fingerprint density at radius 2 is 1.72 bits per heavy atom. The number of unbranched alkanes of at least 4 members (excludes halogenated alkanes) is 5. The molecule has 0 saturated carbocycles. The van der Waals surface area contributed by atoms with E-state index in [2.05, 4.69) is 20.8 Å². The summed E-state index contributed by atoms with van der Waals surface area (Å²) in [6.07, 6.45) is 8.19. The molecule has 1 heterocycles. The van der Waals surface area contributed by atoms with Crippen molar-refractivity contribution < 1.29 is 24.4 Å². The summed E-state index contributed by atoms with van der Waals surface area (Å²) in [4.78, 5) is 24.2. The molecule has 1 aliphatic heterocycles. The highest BCUT2D eigenvalue weighted by Crippen LogP contribution is 2.55. The van der Waals surface area contributed by atoms with Gasteiger partial charge in [-0.25, -0.2) is 4.79 Å². The molecule has 8 nitrogen and oxygen atoms in total. The maximum atomic E-state index is 13.2. The number of allylic oxidation sites excluding steroid dienone is 1. The zero-order valence-corrected chi connectivity index (χ0v) is 22.6. The average molecular weight is 502 g/mol. The Balaban J connectivity index is 1.79. The standard InChI is InChI=1S/C28H41N2O6/c1-7-8-9-10-11-12-15-35-23-16-20(13-14-22(23)29(32)33)25(31)36-24-18-26(2,3)19-28(6)21(24)17-27(4,5)30(28)34/h13-14,16H,7-12,15,17-19H2,1-6H3/t28-/m0/s1. The number of ether oxygens (including phenoxy) is 2. The second kappa shape index (κ2) is 10.9. The van der Waals surface area contributed by atoms with Crippen molar-refractivity contribution in [3.8, 4) is 5.75 Å². The summed E-state index contributed by atoms with van der Waals surface area (Å²) in [6, 6.07) is 4.08. The molecule has 2 aliphatic rings. The van der Waals surface area contributed by atoms with Crippen molar-refractivity contribution in [1.29, 1.82) is 0 Å². The fourth-order valence-electron chi connectivity index (χ4n) is 5.84. The number of esters is 1. The van der Waals surface area contributed by atoms with Gasteiger partial charge < -0.3 is 9.47 Å². The van der Waals surface area contributed by atoms with Gasteiger partial charge in [0.1, 0.15) is 5.76 Å². The second-order valence-corrected chi connectivity index (χ2v) is 11.9. The maximum absolute atomic E-state index is 13.2. The largest absolute Gasteiger partial charge is 0.487 e. The molecule has 0 N–H and O–H groups in total.